The molecular weight excluding hydrogens is 228 g/mol. The van der Waals surface area contributed by atoms with Gasteiger partial charge in [-0.15, -0.1) is 0 Å². The number of anilines is 1. The first-order chi connectivity index (χ1) is 8.58. The summed E-state index contributed by atoms with van der Waals surface area (Å²) in [4.78, 5) is 11.9. The fraction of sp³-hybridized carbons (Fsp3) is 0.231. The molecule has 2 aromatic rings. The second-order valence-corrected chi connectivity index (χ2v) is 4.24. The molecule has 3 N–H and O–H groups in total. The highest BCUT2D eigenvalue weighted by Crippen LogP contribution is 2.09. The summed E-state index contributed by atoms with van der Waals surface area (Å²) >= 11 is 0. The summed E-state index contributed by atoms with van der Waals surface area (Å²) in [6.07, 6.45) is 1.47. The average Bonchev–Trinajstić information content (AvgIpc) is 2.67. The summed E-state index contributed by atoms with van der Waals surface area (Å²) in [6.45, 7) is 2.50. The van der Waals surface area contributed by atoms with Crippen LogP contribution in [0.5, 0.6) is 0 Å². The second kappa shape index (κ2) is 4.91. The van der Waals surface area contributed by atoms with Crippen molar-refractivity contribution >= 4 is 11.7 Å². The van der Waals surface area contributed by atoms with E-state index in [2.05, 4.69) is 10.4 Å². The normalized spacial score (nSPS) is 10.3. The number of nitrogens with one attached hydrogen (secondary N) is 1. The molecule has 2 rings (SSSR count). The molecule has 1 aromatic carbocycles. The van der Waals surface area contributed by atoms with E-state index in [-0.39, 0.29) is 5.91 Å². The summed E-state index contributed by atoms with van der Waals surface area (Å²) in [5.41, 5.74) is 8.37. The SMILES string of the molecule is Cc1cccc(CNC(=O)c2cnn(C)c2N)c1. The Hall–Kier alpha value is -2.30. The van der Waals surface area contributed by atoms with Gasteiger partial charge in [0.15, 0.2) is 0 Å². The van der Waals surface area contributed by atoms with Crippen LogP contribution in [0.3, 0.4) is 0 Å². The smallest absolute Gasteiger partial charge is 0.256 e. The molecule has 0 aliphatic rings. The highest BCUT2D eigenvalue weighted by atomic mass is 16.1. The Bertz CT molecular complexity index is 574. The van der Waals surface area contributed by atoms with E-state index in [0.29, 0.717) is 17.9 Å². The van der Waals surface area contributed by atoms with Crippen LogP contribution in [-0.2, 0) is 13.6 Å². The number of carbonyl (C=O) groups excluding carboxylic acids is 1. The van der Waals surface area contributed by atoms with Crippen LogP contribution in [-0.4, -0.2) is 15.7 Å². The highest BCUT2D eigenvalue weighted by Gasteiger charge is 2.12. The summed E-state index contributed by atoms with van der Waals surface area (Å²) in [6, 6.07) is 7.99. The number of hydrogen-bond donors (Lipinski definition) is 2. The minimum absolute atomic E-state index is 0.206. The van der Waals surface area contributed by atoms with Crippen LogP contribution >= 0.6 is 0 Å². The van der Waals surface area contributed by atoms with Crippen molar-refractivity contribution < 1.29 is 4.79 Å². The number of carbonyl (C=O) groups is 1. The van der Waals surface area contributed by atoms with Crippen LogP contribution in [0, 0.1) is 6.92 Å². The standard InChI is InChI=1S/C13H16N4O/c1-9-4-3-5-10(6-9)7-15-13(18)11-8-16-17(2)12(11)14/h3-6,8H,7,14H2,1-2H3,(H,15,18). The largest absolute Gasteiger partial charge is 0.383 e. The zero-order chi connectivity index (χ0) is 13.1. The molecule has 18 heavy (non-hydrogen) atoms. The monoisotopic (exact) mass is 244 g/mol. The van der Waals surface area contributed by atoms with Gasteiger partial charge in [-0.05, 0) is 12.5 Å². The van der Waals surface area contributed by atoms with Gasteiger partial charge in [-0.2, -0.15) is 5.10 Å². The van der Waals surface area contributed by atoms with Crippen molar-refractivity contribution in [3.63, 3.8) is 0 Å². The summed E-state index contributed by atoms with van der Waals surface area (Å²) in [7, 11) is 1.70. The molecular formula is C13H16N4O. The van der Waals surface area contributed by atoms with Crippen molar-refractivity contribution in [2.24, 2.45) is 7.05 Å². The Morgan fingerprint density at radius 1 is 1.50 bits per heavy atom. The quantitative estimate of drug-likeness (QED) is 0.853. The molecule has 0 saturated heterocycles. The topological polar surface area (TPSA) is 72.9 Å². The molecule has 0 spiro atoms. The third-order valence-corrected chi connectivity index (χ3v) is 2.76. The number of nitrogen functional groups attached to an aromatic ring is 1. The van der Waals surface area contributed by atoms with Crippen LogP contribution in [0.4, 0.5) is 5.82 Å². The number of benzene rings is 1. The van der Waals surface area contributed by atoms with E-state index >= 15 is 0 Å². The summed E-state index contributed by atoms with van der Waals surface area (Å²) in [5, 5.41) is 6.76. The zero-order valence-electron chi connectivity index (χ0n) is 10.5. The van der Waals surface area contributed by atoms with Crippen LogP contribution < -0.4 is 11.1 Å². The number of hydrogen-bond acceptors (Lipinski definition) is 3. The maximum atomic E-state index is 11.9. The minimum Gasteiger partial charge on any atom is -0.383 e. The molecule has 0 unspecified atom stereocenters. The van der Waals surface area contributed by atoms with Gasteiger partial charge in [-0.3, -0.25) is 9.48 Å². The van der Waals surface area contributed by atoms with Crippen molar-refractivity contribution in [2.45, 2.75) is 13.5 Å². The minimum atomic E-state index is -0.206. The lowest BCUT2D eigenvalue weighted by atomic mass is 10.1. The van der Waals surface area contributed by atoms with E-state index in [0.717, 1.165) is 5.56 Å². The molecule has 0 radical (unpaired) electrons. The predicted octanol–water partition coefficient (Wildman–Crippen LogP) is 1.24. The van der Waals surface area contributed by atoms with Crippen LogP contribution in [0.1, 0.15) is 21.5 Å². The van der Waals surface area contributed by atoms with Gasteiger partial charge in [0.05, 0.1) is 6.20 Å². The Morgan fingerprint density at radius 3 is 2.89 bits per heavy atom. The molecule has 5 nitrogen and oxygen atoms in total. The van der Waals surface area contributed by atoms with E-state index < -0.39 is 0 Å². The van der Waals surface area contributed by atoms with Crippen molar-refractivity contribution in [3.8, 4) is 0 Å². The first kappa shape index (κ1) is 12.2. The molecule has 1 amide bonds. The third-order valence-electron chi connectivity index (χ3n) is 2.76. The fourth-order valence-electron chi connectivity index (χ4n) is 1.72. The van der Waals surface area contributed by atoms with Gasteiger partial charge in [0.25, 0.3) is 5.91 Å². The van der Waals surface area contributed by atoms with Gasteiger partial charge >= 0.3 is 0 Å². The number of amides is 1. The van der Waals surface area contributed by atoms with Crippen LogP contribution in [0.25, 0.3) is 0 Å². The maximum absolute atomic E-state index is 11.9. The highest BCUT2D eigenvalue weighted by molar-refractivity contribution is 5.98. The van der Waals surface area contributed by atoms with Crippen molar-refractivity contribution in [1.29, 1.82) is 0 Å². The van der Waals surface area contributed by atoms with Crippen LogP contribution in [0.2, 0.25) is 0 Å². The van der Waals surface area contributed by atoms with E-state index in [1.807, 2.05) is 31.2 Å². The average molecular weight is 244 g/mol. The predicted molar refractivity (Wildman–Crippen MR) is 70.0 cm³/mol. The van der Waals surface area contributed by atoms with Crippen molar-refractivity contribution in [1.82, 2.24) is 15.1 Å². The molecule has 94 valence electrons. The molecule has 0 atom stereocenters. The van der Waals surface area contributed by atoms with Crippen molar-refractivity contribution in [3.05, 3.63) is 47.2 Å². The molecule has 0 aliphatic heterocycles. The van der Waals surface area contributed by atoms with Gasteiger partial charge in [0.2, 0.25) is 0 Å². The first-order valence-corrected chi connectivity index (χ1v) is 5.69. The zero-order valence-corrected chi connectivity index (χ0v) is 10.5. The molecule has 0 bridgehead atoms. The number of nitrogens with zero attached hydrogens (tertiary/aromatic N) is 2. The lowest BCUT2D eigenvalue weighted by molar-refractivity contribution is 0.0952. The Kier molecular flexibility index (Phi) is 3.32. The summed E-state index contributed by atoms with van der Waals surface area (Å²) in [5.74, 6) is 0.166. The fourth-order valence-corrected chi connectivity index (χ4v) is 1.72. The van der Waals surface area contributed by atoms with Gasteiger partial charge < -0.3 is 11.1 Å². The number of rotatable bonds is 3. The van der Waals surface area contributed by atoms with Gasteiger partial charge in [0.1, 0.15) is 11.4 Å². The molecule has 1 aromatic heterocycles. The first-order valence-electron chi connectivity index (χ1n) is 5.69. The molecule has 1 heterocycles. The molecule has 0 saturated carbocycles. The van der Waals surface area contributed by atoms with Gasteiger partial charge in [-0.1, -0.05) is 29.8 Å². The Balaban J connectivity index is 2.03. The van der Waals surface area contributed by atoms with Gasteiger partial charge in [0, 0.05) is 13.6 Å². The lowest BCUT2D eigenvalue weighted by Crippen LogP contribution is -2.23. The van der Waals surface area contributed by atoms with E-state index in [4.69, 9.17) is 5.73 Å². The Morgan fingerprint density at radius 2 is 2.28 bits per heavy atom. The van der Waals surface area contributed by atoms with Gasteiger partial charge in [-0.25, -0.2) is 0 Å². The second-order valence-electron chi connectivity index (χ2n) is 4.24. The molecule has 5 heteroatoms. The van der Waals surface area contributed by atoms with E-state index in [1.54, 1.807) is 7.05 Å². The number of nitrogens with two attached hydrogens (primary N) is 1. The third kappa shape index (κ3) is 2.51. The Labute approximate surface area is 106 Å². The summed E-state index contributed by atoms with van der Waals surface area (Å²) < 4.78 is 1.47. The molecule has 0 aliphatic carbocycles. The van der Waals surface area contributed by atoms with E-state index in [1.165, 1.54) is 16.4 Å². The van der Waals surface area contributed by atoms with Crippen LogP contribution in [0.15, 0.2) is 30.5 Å². The molecule has 0 fully saturated rings. The number of aryl methyl sites for hydroxylation is 2. The lowest BCUT2D eigenvalue weighted by Gasteiger charge is -2.05. The maximum Gasteiger partial charge on any atom is 0.256 e. The van der Waals surface area contributed by atoms with E-state index in [9.17, 15) is 4.79 Å². The number of aromatic nitrogens is 2. The van der Waals surface area contributed by atoms with Crippen molar-refractivity contribution in [2.75, 3.05) is 5.73 Å².